The van der Waals surface area contributed by atoms with Crippen LogP contribution >= 0.6 is 12.2 Å². The third kappa shape index (κ3) is 4.28. The molecule has 1 aliphatic heterocycles. The second-order valence-corrected chi connectivity index (χ2v) is 6.40. The van der Waals surface area contributed by atoms with Crippen molar-refractivity contribution < 1.29 is 19.8 Å². The van der Waals surface area contributed by atoms with Crippen molar-refractivity contribution in [1.29, 1.82) is 0 Å². The van der Waals surface area contributed by atoms with E-state index in [0.29, 0.717) is 11.5 Å². The fourth-order valence-electron chi connectivity index (χ4n) is 3.05. The lowest BCUT2D eigenvalue weighted by Gasteiger charge is -2.36. The number of carbonyl (C=O) groups is 2. The molecule has 1 amide bonds. The number of hydrogen-bond donors (Lipinski definition) is 2. The van der Waals surface area contributed by atoms with Crippen LogP contribution in [0.15, 0.2) is 24.3 Å². The Bertz CT molecular complexity index is 599. The van der Waals surface area contributed by atoms with Crippen LogP contribution in [0.1, 0.15) is 42.1 Å². The van der Waals surface area contributed by atoms with Gasteiger partial charge in [0.2, 0.25) is 0 Å². The number of benzene rings is 1. The zero-order valence-corrected chi connectivity index (χ0v) is 13.9. The van der Waals surface area contributed by atoms with E-state index in [0.717, 1.165) is 31.2 Å². The standard InChI is InChI=1S/C17H21NO4S/c1-2-13-9-12(10-18(15(13)23)17(21)22)4-3-11-5-7-14(8-6-11)16(19)20/h5-8,12-13H,2-4,9-10H2,1H3,(H,19,20)(H,21,22). The van der Waals surface area contributed by atoms with Crippen LogP contribution in [0.4, 0.5) is 4.79 Å². The van der Waals surface area contributed by atoms with Gasteiger partial charge in [0, 0.05) is 12.5 Å². The molecule has 5 nitrogen and oxygen atoms in total. The van der Waals surface area contributed by atoms with Crippen LogP contribution in [0.3, 0.4) is 0 Å². The minimum atomic E-state index is -0.969. The zero-order chi connectivity index (χ0) is 17.0. The van der Waals surface area contributed by atoms with E-state index in [1.807, 2.05) is 19.1 Å². The van der Waals surface area contributed by atoms with Crippen LogP contribution < -0.4 is 0 Å². The monoisotopic (exact) mass is 335 g/mol. The number of piperidine rings is 1. The lowest BCUT2D eigenvalue weighted by molar-refractivity contribution is 0.0697. The smallest absolute Gasteiger partial charge is 0.412 e. The summed E-state index contributed by atoms with van der Waals surface area (Å²) < 4.78 is 0. The summed E-state index contributed by atoms with van der Waals surface area (Å²) in [6.07, 6.45) is 2.49. The molecule has 0 aliphatic carbocycles. The average molecular weight is 335 g/mol. The molecule has 2 unspecified atom stereocenters. The molecule has 1 heterocycles. The van der Waals surface area contributed by atoms with Crippen molar-refractivity contribution in [3.8, 4) is 0 Å². The fraction of sp³-hybridized carbons (Fsp3) is 0.471. The Morgan fingerprint density at radius 1 is 1.26 bits per heavy atom. The van der Waals surface area contributed by atoms with Crippen molar-refractivity contribution in [2.45, 2.75) is 32.6 Å². The number of hydrogen-bond acceptors (Lipinski definition) is 3. The molecule has 0 bridgehead atoms. The number of carboxylic acid groups (broad SMARTS) is 2. The van der Waals surface area contributed by atoms with Gasteiger partial charge in [-0.2, -0.15) is 0 Å². The van der Waals surface area contributed by atoms with Crippen molar-refractivity contribution >= 4 is 29.3 Å². The molecular weight excluding hydrogens is 314 g/mol. The second-order valence-electron chi connectivity index (χ2n) is 5.98. The van der Waals surface area contributed by atoms with E-state index in [1.165, 1.54) is 4.90 Å². The Labute approximate surface area is 140 Å². The van der Waals surface area contributed by atoms with Gasteiger partial charge in [-0.05, 0) is 49.3 Å². The number of aromatic carboxylic acids is 1. The SMILES string of the molecule is CCC1CC(CCc2ccc(C(=O)O)cc2)CN(C(=O)O)C1=S. The maximum atomic E-state index is 11.3. The first kappa shape index (κ1) is 17.4. The maximum absolute atomic E-state index is 11.3. The number of nitrogens with zero attached hydrogens (tertiary/aromatic N) is 1. The fourth-order valence-corrected chi connectivity index (χ4v) is 3.47. The Morgan fingerprint density at radius 2 is 1.91 bits per heavy atom. The van der Waals surface area contributed by atoms with Gasteiger partial charge in [0.25, 0.3) is 0 Å². The van der Waals surface area contributed by atoms with Crippen LogP contribution in [0.5, 0.6) is 0 Å². The Balaban J connectivity index is 1.97. The number of amides is 1. The van der Waals surface area contributed by atoms with Crippen LogP contribution in [0, 0.1) is 11.8 Å². The third-order valence-electron chi connectivity index (χ3n) is 4.44. The summed E-state index contributed by atoms with van der Waals surface area (Å²) in [7, 11) is 0. The van der Waals surface area contributed by atoms with Crippen molar-refractivity contribution in [2.75, 3.05) is 6.54 Å². The molecule has 124 valence electrons. The molecule has 23 heavy (non-hydrogen) atoms. The molecule has 2 rings (SSSR count). The maximum Gasteiger partial charge on any atom is 0.412 e. The molecular formula is C17H21NO4S. The predicted molar refractivity (Wildman–Crippen MR) is 90.9 cm³/mol. The summed E-state index contributed by atoms with van der Waals surface area (Å²) in [4.78, 5) is 24.0. The lowest BCUT2D eigenvalue weighted by atomic mass is 9.84. The van der Waals surface area contributed by atoms with Crippen LogP contribution in [0.2, 0.25) is 0 Å². The highest BCUT2D eigenvalue weighted by Gasteiger charge is 2.33. The van der Waals surface area contributed by atoms with E-state index < -0.39 is 12.1 Å². The number of carboxylic acids is 1. The number of thiocarbonyl (C=S) groups is 1. The molecule has 0 radical (unpaired) electrons. The summed E-state index contributed by atoms with van der Waals surface area (Å²) in [6, 6.07) is 6.85. The minimum Gasteiger partial charge on any atom is -0.478 e. The summed E-state index contributed by atoms with van der Waals surface area (Å²) in [5.74, 6) is -0.503. The van der Waals surface area contributed by atoms with E-state index in [4.69, 9.17) is 17.3 Å². The van der Waals surface area contributed by atoms with Gasteiger partial charge in [-0.25, -0.2) is 9.59 Å². The molecule has 6 heteroatoms. The highest BCUT2D eigenvalue weighted by Crippen LogP contribution is 2.29. The van der Waals surface area contributed by atoms with Gasteiger partial charge in [0.1, 0.15) is 0 Å². The molecule has 0 aromatic heterocycles. The van der Waals surface area contributed by atoms with E-state index >= 15 is 0 Å². The summed E-state index contributed by atoms with van der Waals surface area (Å²) in [6.45, 7) is 2.49. The van der Waals surface area contributed by atoms with Gasteiger partial charge in [0.05, 0.1) is 10.6 Å². The van der Waals surface area contributed by atoms with E-state index in [-0.39, 0.29) is 17.4 Å². The quantitative estimate of drug-likeness (QED) is 0.803. The number of rotatable bonds is 5. The summed E-state index contributed by atoms with van der Waals surface area (Å²) >= 11 is 5.28. The first-order valence-corrected chi connectivity index (χ1v) is 8.19. The third-order valence-corrected chi connectivity index (χ3v) is 4.99. The van der Waals surface area contributed by atoms with Crippen molar-refractivity contribution in [3.05, 3.63) is 35.4 Å². The van der Waals surface area contributed by atoms with Crippen LogP contribution in [-0.4, -0.2) is 38.7 Å². The summed E-state index contributed by atoms with van der Waals surface area (Å²) in [5.41, 5.74) is 1.35. The van der Waals surface area contributed by atoms with Gasteiger partial charge in [-0.15, -0.1) is 0 Å². The van der Waals surface area contributed by atoms with Crippen LogP contribution in [-0.2, 0) is 6.42 Å². The minimum absolute atomic E-state index is 0.147. The summed E-state index contributed by atoms with van der Waals surface area (Å²) in [5, 5.41) is 18.2. The largest absolute Gasteiger partial charge is 0.478 e. The van der Waals surface area contributed by atoms with Gasteiger partial charge >= 0.3 is 12.1 Å². The molecule has 1 saturated heterocycles. The lowest BCUT2D eigenvalue weighted by Crippen LogP contribution is -2.46. The number of aryl methyl sites for hydroxylation is 1. The number of likely N-dealkylation sites (tertiary alicyclic amines) is 1. The molecule has 2 atom stereocenters. The van der Waals surface area contributed by atoms with E-state index in [9.17, 15) is 14.7 Å². The van der Waals surface area contributed by atoms with Gasteiger partial charge in [-0.3, -0.25) is 4.90 Å². The Kier molecular flexibility index (Phi) is 5.71. The predicted octanol–water partition coefficient (Wildman–Crippen LogP) is 3.67. The molecule has 2 N–H and O–H groups in total. The van der Waals surface area contributed by atoms with Gasteiger partial charge in [0.15, 0.2) is 0 Å². The Morgan fingerprint density at radius 3 is 2.43 bits per heavy atom. The molecule has 1 aromatic carbocycles. The average Bonchev–Trinajstić information content (AvgIpc) is 2.53. The van der Waals surface area contributed by atoms with Crippen molar-refractivity contribution in [3.63, 3.8) is 0 Å². The Hall–Kier alpha value is -1.95. The highest BCUT2D eigenvalue weighted by molar-refractivity contribution is 7.80. The molecule has 1 fully saturated rings. The highest BCUT2D eigenvalue weighted by atomic mass is 32.1. The van der Waals surface area contributed by atoms with E-state index in [1.54, 1.807) is 12.1 Å². The first-order valence-electron chi connectivity index (χ1n) is 7.78. The molecule has 0 spiro atoms. The van der Waals surface area contributed by atoms with Crippen molar-refractivity contribution in [1.82, 2.24) is 4.90 Å². The van der Waals surface area contributed by atoms with E-state index in [2.05, 4.69) is 0 Å². The van der Waals surface area contributed by atoms with Gasteiger partial charge in [-0.1, -0.05) is 31.3 Å². The molecule has 1 aliphatic rings. The topological polar surface area (TPSA) is 77.8 Å². The normalized spacial score (nSPS) is 21.3. The molecule has 1 aromatic rings. The molecule has 0 saturated carbocycles. The second kappa shape index (κ2) is 7.55. The van der Waals surface area contributed by atoms with Crippen molar-refractivity contribution in [2.24, 2.45) is 11.8 Å². The zero-order valence-electron chi connectivity index (χ0n) is 13.1. The van der Waals surface area contributed by atoms with Crippen LogP contribution in [0.25, 0.3) is 0 Å². The van der Waals surface area contributed by atoms with Gasteiger partial charge < -0.3 is 10.2 Å². The first-order chi connectivity index (χ1) is 10.9.